The molecule has 5 heteroatoms. The molecule has 1 aliphatic heterocycles. The average molecular weight is 331 g/mol. The molecule has 2 aromatic rings. The van der Waals surface area contributed by atoms with E-state index in [4.69, 9.17) is 21.1 Å². The van der Waals surface area contributed by atoms with Crippen molar-refractivity contribution in [3.8, 4) is 5.75 Å². The van der Waals surface area contributed by atoms with Gasteiger partial charge in [0.15, 0.2) is 12.4 Å². The van der Waals surface area contributed by atoms with Gasteiger partial charge in [0.2, 0.25) is 0 Å². The van der Waals surface area contributed by atoms with Crippen LogP contribution in [0.3, 0.4) is 0 Å². The first-order valence-corrected chi connectivity index (χ1v) is 7.67. The van der Waals surface area contributed by atoms with Crippen molar-refractivity contribution in [1.82, 2.24) is 0 Å². The number of halogens is 1. The van der Waals surface area contributed by atoms with Crippen molar-refractivity contribution < 1.29 is 19.1 Å². The first kappa shape index (κ1) is 15.6. The Morgan fingerprint density at radius 2 is 1.96 bits per heavy atom. The van der Waals surface area contributed by atoms with E-state index in [2.05, 4.69) is 0 Å². The summed E-state index contributed by atoms with van der Waals surface area (Å²) in [4.78, 5) is 24.1. The highest BCUT2D eigenvalue weighted by Gasteiger charge is 2.28. The Morgan fingerprint density at radius 1 is 1.17 bits per heavy atom. The molecule has 1 aliphatic rings. The topological polar surface area (TPSA) is 52.6 Å². The SMILES string of the molecule is O=C(COC(=O)[C@H]1COc2ccc(Cl)cc2C1)c1ccccc1. The van der Waals surface area contributed by atoms with Crippen LogP contribution in [0.4, 0.5) is 0 Å². The highest BCUT2D eigenvalue weighted by molar-refractivity contribution is 6.30. The highest BCUT2D eigenvalue weighted by atomic mass is 35.5. The lowest BCUT2D eigenvalue weighted by atomic mass is 9.97. The number of Topliss-reactive ketones (excluding diaryl/α,β-unsaturated/α-hetero) is 1. The predicted molar refractivity (Wildman–Crippen MR) is 85.9 cm³/mol. The van der Waals surface area contributed by atoms with Crippen LogP contribution in [0, 0.1) is 5.92 Å². The zero-order valence-corrected chi connectivity index (χ0v) is 13.1. The zero-order chi connectivity index (χ0) is 16.2. The Kier molecular flexibility index (Phi) is 4.63. The molecule has 0 amide bonds. The van der Waals surface area contributed by atoms with Crippen molar-refractivity contribution in [2.45, 2.75) is 6.42 Å². The van der Waals surface area contributed by atoms with Crippen LogP contribution in [0.1, 0.15) is 15.9 Å². The molecule has 0 unspecified atom stereocenters. The summed E-state index contributed by atoms with van der Waals surface area (Å²) >= 11 is 5.96. The molecule has 0 aliphatic carbocycles. The quantitative estimate of drug-likeness (QED) is 0.637. The fourth-order valence-corrected chi connectivity index (χ4v) is 2.67. The summed E-state index contributed by atoms with van der Waals surface area (Å²) in [5.74, 6) is -0.345. The van der Waals surface area contributed by atoms with Crippen molar-refractivity contribution >= 4 is 23.4 Å². The van der Waals surface area contributed by atoms with Crippen molar-refractivity contribution in [3.63, 3.8) is 0 Å². The summed E-state index contributed by atoms with van der Waals surface area (Å²) in [6.45, 7) is -0.0191. The number of ketones is 1. The number of fused-ring (bicyclic) bond motifs is 1. The minimum absolute atomic E-state index is 0.223. The van der Waals surface area contributed by atoms with Crippen molar-refractivity contribution in [1.29, 1.82) is 0 Å². The third-order valence-electron chi connectivity index (χ3n) is 3.70. The lowest BCUT2D eigenvalue weighted by molar-refractivity contribution is -0.148. The third-order valence-corrected chi connectivity index (χ3v) is 3.94. The van der Waals surface area contributed by atoms with Gasteiger partial charge in [-0.1, -0.05) is 41.9 Å². The van der Waals surface area contributed by atoms with Gasteiger partial charge < -0.3 is 9.47 Å². The van der Waals surface area contributed by atoms with Crippen LogP contribution in [0.15, 0.2) is 48.5 Å². The van der Waals surface area contributed by atoms with Gasteiger partial charge in [-0.2, -0.15) is 0 Å². The van der Waals surface area contributed by atoms with Crippen LogP contribution >= 0.6 is 11.6 Å². The molecule has 0 spiro atoms. The lowest BCUT2D eigenvalue weighted by Gasteiger charge is -2.24. The molecule has 0 N–H and O–H groups in total. The molecule has 4 nitrogen and oxygen atoms in total. The van der Waals surface area contributed by atoms with E-state index in [-0.39, 0.29) is 19.0 Å². The Bertz CT molecular complexity index is 727. The molecular weight excluding hydrogens is 316 g/mol. The molecule has 0 saturated carbocycles. The van der Waals surface area contributed by atoms with Gasteiger partial charge in [0.05, 0.1) is 5.92 Å². The van der Waals surface area contributed by atoms with E-state index in [1.165, 1.54) is 0 Å². The third kappa shape index (κ3) is 3.71. The number of esters is 1. The van der Waals surface area contributed by atoms with Gasteiger partial charge in [0.1, 0.15) is 12.4 Å². The minimum Gasteiger partial charge on any atom is -0.492 e. The summed E-state index contributed by atoms with van der Waals surface area (Å²) in [6, 6.07) is 14.1. The van der Waals surface area contributed by atoms with E-state index in [1.807, 2.05) is 6.07 Å². The monoisotopic (exact) mass is 330 g/mol. The number of ether oxygens (including phenoxy) is 2. The van der Waals surface area contributed by atoms with Gasteiger partial charge >= 0.3 is 5.97 Å². The summed E-state index contributed by atoms with van der Waals surface area (Å²) in [5.41, 5.74) is 1.40. The zero-order valence-electron chi connectivity index (χ0n) is 12.3. The summed E-state index contributed by atoms with van der Waals surface area (Å²) in [6.07, 6.45) is 0.494. The van der Waals surface area contributed by atoms with Crippen LogP contribution < -0.4 is 4.74 Å². The second kappa shape index (κ2) is 6.84. The molecule has 1 atom stereocenters. The van der Waals surface area contributed by atoms with Gasteiger partial charge in [-0.05, 0) is 30.2 Å². The first-order valence-electron chi connectivity index (χ1n) is 7.29. The minimum atomic E-state index is -0.431. The van der Waals surface area contributed by atoms with Gasteiger partial charge in [-0.3, -0.25) is 9.59 Å². The maximum atomic E-state index is 12.1. The maximum Gasteiger partial charge on any atom is 0.313 e. The molecule has 3 rings (SSSR count). The molecule has 0 fully saturated rings. The first-order chi connectivity index (χ1) is 11.1. The summed E-state index contributed by atoms with van der Waals surface area (Å²) in [5, 5.41) is 0.598. The number of hydrogen-bond acceptors (Lipinski definition) is 4. The van der Waals surface area contributed by atoms with Crippen molar-refractivity contribution in [3.05, 3.63) is 64.7 Å². The largest absolute Gasteiger partial charge is 0.492 e. The van der Waals surface area contributed by atoms with E-state index in [1.54, 1.807) is 42.5 Å². The van der Waals surface area contributed by atoms with Crippen LogP contribution in [0.2, 0.25) is 5.02 Å². The standard InChI is InChI=1S/C18H15ClO4/c19-15-6-7-17-13(9-15)8-14(10-22-17)18(21)23-11-16(20)12-4-2-1-3-5-12/h1-7,9,14H,8,10-11H2/t14-/m1/s1. The summed E-state index contributed by atoms with van der Waals surface area (Å²) in [7, 11) is 0. The van der Waals surface area contributed by atoms with E-state index < -0.39 is 11.9 Å². The normalized spacial score (nSPS) is 16.1. The second-order valence-corrected chi connectivity index (χ2v) is 5.80. The van der Waals surface area contributed by atoms with Crippen LogP contribution in [-0.4, -0.2) is 25.0 Å². The van der Waals surface area contributed by atoms with E-state index in [9.17, 15) is 9.59 Å². The van der Waals surface area contributed by atoms with Gasteiger partial charge in [-0.15, -0.1) is 0 Å². The van der Waals surface area contributed by atoms with Gasteiger partial charge in [0.25, 0.3) is 0 Å². The molecule has 1 heterocycles. The van der Waals surface area contributed by atoms with Gasteiger partial charge in [0, 0.05) is 10.6 Å². The van der Waals surface area contributed by atoms with E-state index in [0.29, 0.717) is 17.0 Å². The maximum absolute atomic E-state index is 12.1. The molecule has 0 radical (unpaired) electrons. The van der Waals surface area contributed by atoms with Crippen LogP contribution in [0.25, 0.3) is 0 Å². The number of hydrogen-bond donors (Lipinski definition) is 0. The Morgan fingerprint density at radius 3 is 2.74 bits per heavy atom. The lowest BCUT2D eigenvalue weighted by Crippen LogP contribution is -2.31. The average Bonchev–Trinajstić information content (AvgIpc) is 2.59. The Balaban J connectivity index is 1.58. The van der Waals surface area contributed by atoms with Crippen LogP contribution in [0.5, 0.6) is 5.75 Å². The predicted octanol–water partition coefficient (Wildman–Crippen LogP) is 3.32. The van der Waals surface area contributed by atoms with Gasteiger partial charge in [-0.25, -0.2) is 0 Å². The smallest absolute Gasteiger partial charge is 0.313 e. The molecule has 118 valence electrons. The number of carbonyl (C=O) groups excluding carboxylic acids is 2. The molecule has 0 aromatic heterocycles. The molecule has 23 heavy (non-hydrogen) atoms. The van der Waals surface area contributed by atoms with Crippen LogP contribution in [-0.2, 0) is 16.0 Å². The molecule has 0 saturated heterocycles. The number of carbonyl (C=O) groups is 2. The van der Waals surface area contributed by atoms with Crippen molar-refractivity contribution in [2.75, 3.05) is 13.2 Å². The number of rotatable bonds is 4. The Labute approximate surface area is 139 Å². The van der Waals surface area contributed by atoms with E-state index >= 15 is 0 Å². The van der Waals surface area contributed by atoms with E-state index in [0.717, 1.165) is 11.3 Å². The van der Waals surface area contributed by atoms with Crippen molar-refractivity contribution in [2.24, 2.45) is 5.92 Å². The molecule has 0 bridgehead atoms. The molecular formula is C18H15ClO4. The second-order valence-electron chi connectivity index (χ2n) is 5.36. The fourth-order valence-electron chi connectivity index (χ4n) is 2.48. The number of benzene rings is 2. The fraction of sp³-hybridized carbons (Fsp3) is 0.222. The summed E-state index contributed by atoms with van der Waals surface area (Å²) < 4.78 is 10.7. The highest BCUT2D eigenvalue weighted by Crippen LogP contribution is 2.30. The Hall–Kier alpha value is -2.33. The molecule has 2 aromatic carbocycles.